The molecule has 0 spiro atoms. The van der Waals surface area contributed by atoms with Crippen molar-refractivity contribution in [3.8, 4) is 0 Å². The topological polar surface area (TPSA) is 24.1 Å². The highest BCUT2D eigenvalue weighted by Crippen LogP contribution is 2.15. The van der Waals surface area contributed by atoms with E-state index in [2.05, 4.69) is 26.6 Å². The van der Waals surface area contributed by atoms with E-state index in [1.165, 1.54) is 6.07 Å². The summed E-state index contributed by atoms with van der Waals surface area (Å²) >= 11 is 3.31. The SMILES string of the molecule is CNCCNCc1cc(Br)ccc1F. The van der Waals surface area contributed by atoms with Gasteiger partial charge in [-0.1, -0.05) is 15.9 Å². The van der Waals surface area contributed by atoms with Gasteiger partial charge < -0.3 is 10.6 Å². The van der Waals surface area contributed by atoms with Gasteiger partial charge >= 0.3 is 0 Å². The van der Waals surface area contributed by atoms with Crippen LogP contribution in [0.2, 0.25) is 0 Å². The van der Waals surface area contributed by atoms with Crippen LogP contribution in [0.25, 0.3) is 0 Å². The quantitative estimate of drug-likeness (QED) is 0.791. The van der Waals surface area contributed by atoms with Crippen LogP contribution in [0.3, 0.4) is 0 Å². The van der Waals surface area contributed by atoms with E-state index in [1.807, 2.05) is 7.05 Å². The standard InChI is InChI=1S/C10H14BrFN2/c1-13-4-5-14-7-8-6-9(11)2-3-10(8)12/h2-3,6,13-14H,4-5,7H2,1H3. The van der Waals surface area contributed by atoms with Crippen LogP contribution in [0.1, 0.15) is 5.56 Å². The van der Waals surface area contributed by atoms with Crippen LogP contribution in [-0.4, -0.2) is 20.1 Å². The number of rotatable bonds is 5. The molecule has 0 aliphatic heterocycles. The summed E-state index contributed by atoms with van der Waals surface area (Å²) in [6.07, 6.45) is 0. The highest BCUT2D eigenvalue weighted by atomic mass is 79.9. The Bertz CT molecular complexity index is 291. The number of benzene rings is 1. The summed E-state index contributed by atoms with van der Waals surface area (Å²) in [7, 11) is 1.89. The predicted octanol–water partition coefficient (Wildman–Crippen LogP) is 1.90. The lowest BCUT2D eigenvalue weighted by atomic mass is 10.2. The summed E-state index contributed by atoms with van der Waals surface area (Å²) in [6.45, 7) is 2.28. The second-order valence-electron chi connectivity index (χ2n) is 3.02. The highest BCUT2D eigenvalue weighted by molar-refractivity contribution is 9.10. The van der Waals surface area contributed by atoms with Gasteiger partial charge in [0.15, 0.2) is 0 Å². The summed E-state index contributed by atoms with van der Waals surface area (Å²) in [4.78, 5) is 0. The molecule has 78 valence electrons. The number of hydrogen-bond donors (Lipinski definition) is 2. The zero-order valence-corrected chi connectivity index (χ0v) is 9.70. The minimum atomic E-state index is -0.162. The zero-order valence-electron chi connectivity index (χ0n) is 8.11. The molecule has 0 aliphatic carbocycles. The van der Waals surface area contributed by atoms with Crippen LogP contribution < -0.4 is 10.6 Å². The van der Waals surface area contributed by atoms with E-state index >= 15 is 0 Å². The Balaban J connectivity index is 2.45. The first-order valence-electron chi connectivity index (χ1n) is 4.53. The second kappa shape index (κ2) is 6.11. The number of likely N-dealkylation sites (N-methyl/N-ethyl adjacent to an activating group) is 1. The molecule has 2 N–H and O–H groups in total. The molecular formula is C10H14BrFN2. The normalized spacial score (nSPS) is 10.5. The van der Waals surface area contributed by atoms with Gasteiger partial charge in [-0.2, -0.15) is 0 Å². The third-order valence-corrected chi connectivity index (χ3v) is 2.37. The average Bonchev–Trinajstić information content (AvgIpc) is 2.18. The Kier molecular flexibility index (Phi) is 5.07. The summed E-state index contributed by atoms with van der Waals surface area (Å²) in [5.74, 6) is -0.162. The van der Waals surface area contributed by atoms with Crippen molar-refractivity contribution in [3.63, 3.8) is 0 Å². The van der Waals surface area contributed by atoms with Crippen LogP contribution in [0.15, 0.2) is 22.7 Å². The third-order valence-electron chi connectivity index (χ3n) is 1.87. The maximum absolute atomic E-state index is 13.2. The van der Waals surface area contributed by atoms with Crippen LogP contribution in [-0.2, 0) is 6.54 Å². The van der Waals surface area contributed by atoms with Crippen molar-refractivity contribution in [1.82, 2.24) is 10.6 Å². The monoisotopic (exact) mass is 260 g/mol. The molecule has 0 saturated carbocycles. The molecule has 0 fully saturated rings. The molecule has 0 amide bonds. The maximum Gasteiger partial charge on any atom is 0.127 e. The first-order chi connectivity index (χ1) is 6.74. The van der Waals surface area contributed by atoms with E-state index in [4.69, 9.17) is 0 Å². The molecule has 1 aromatic carbocycles. The molecule has 0 heterocycles. The molecule has 4 heteroatoms. The Morgan fingerprint density at radius 2 is 2.14 bits per heavy atom. The van der Waals surface area contributed by atoms with Crippen molar-refractivity contribution >= 4 is 15.9 Å². The molecule has 0 aliphatic rings. The maximum atomic E-state index is 13.2. The lowest BCUT2D eigenvalue weighted by molar-refractivity contribution is 0.583. The Hall–Kier alpha value is -0.450. The first-order valence-corrected chi connectivity index (χ1v) is 5.32. The van der Waals surface area contributed by atoms with Crippen LogP contribution >= 0.6 is 15.9 Å². The van der Waals surface area contributed by atoms with E-state index in [-0.39, 0.29) is 5.82 Å². The minimum absolute atomic E-state index is 0.162. The third kappa shape index (κ3) is 3.74. The zero-order chi connectivity index (χ0) is 10.4. The lowest BCUT2D eigenvalue weighted by Crippen LogP contribution is -2.24. The second-order valence-corrected chi connectivity index (χ2v) is 3.93. The van der Waals surface area contributed by atoms with Gasteiger partial charge in [0.05, 0.1) is 0 Å². The van der Waals surface area contributed by atoms with E-state index < -0.39 is 0 Å². The molecule has 14 heavy (non-hydrogen) atoms. The van der Waals surface area contributed by atoms with Gasteiger partial charge in [0.1, 0.15) is 5.82 Å². The van der Waals surface area contributed by atoms with Crippen molar-refractivity contribution in [3.05, 3.63) is 34.1 Å². The molecule has 0 radical (unpaired) electrons. The molecule has 1 rings (SSSR count). The fourth-order valence-corrected chi connectivity index (χ4v) is 1.52. The van der Waals surface area contributed by atoms with Gasteiger partial charge in [-0.25, -0.2) is 4.39 Å². The van der Waals surface area contributed by atoms with Crippen molar-refractivity contribution in [2.45, 2.75) is 6.54 Å². The number of halogens is 2. The van der Waals surface area contributed by atoms with Gasteiger partial charge in [0, 0.05) is 29.7 Å². The molecule has 0 saturated heterocycles. The van der Waals surface area contributed by atoms with E-state index in [9.17, 15) is 4.39 Å². The molecule has 0 aromatic heterocycles. The minimum Gasteiger partial charge on any atom is -0.318 e. The largest absolute Gasteiger partial charge is 0.318 e. The van der Waals surface area contributed by atoms with Crippen LogP contribution in [0.5, 0.6) is 0 Å². The molecule has 2 nitrogen and oxygen atoms in total. The first kappa shape index (κ1) is 11.6. The van der Waals surface area contributed by atoms with Crippen molar-refractivity contribution < 1.29 is 4.39 Å². The molecular weight excluding hydrogens is 247 g/mol. The fourth-order valence-electron chi connectivity index (χ4n) is 1.12. The number of nitrogens with one attached hydrogen (secondary N) is 2. The summed E-state index contributed by atoms with van der Waals surface area (Å²) < 4.78 is 14.1. The van der Waals surface area contributed by atoms with E-state index in [0.717, 1.165) is 17.6 Å². The molecule has 0 atom stereocenters. The molecule has 0 bridgehead atoms. The summed E-state index contributed by atoms with van der Waals surface area (Å²) in [6, 6.07) is 4.97. The van der Waals surface area contributed by atoms with Crippen LogP contribution in [0.4, 0.5) is 4.39 Å². The van der Waals surface area contributed by atoms with Gasteiger partial charge in [-0.05, 0) is 25.2 Å². The molecule has 1 aromatic rings. The fraction of sp³-hybridized carbons (Fsp3) is 0.400. The van der Waals surface area contributed by atoms with Crippen LogP contribution in [0, 0.1) is 5.82 Å². The van der Waals surface area contributed by atoms with Gasteiger partial charge in [0.2, 0.25) is 0 Å². The Labute approximate surface area is 92.0 Å². The van der Waals surface area contributed by atoms with Crippen molar-refractivity contribution in [2.75, 3.05) is 20.1 Å². The smallest absolute Gasteiger partial charge is 0.127 e. The predicted molar refractivity (Wildman–Crippen MR) is 59.7 cm³/mol. The van der Waals surface area contributed by atoms with E-state index in [1.54, 1.807) is 12.1 Å². The lowest BCUT2D eigenvalue weighted by Gasteiger charge is -2.05. The van der Waals surface area contributed by atoms with Crippen molar-refractivity contribution in [2.24, 2.45) is 0 Å². The van der Waals surface area contributed by atoms with Gasteiger partial charge in [0.25, 0.3) is 0 Å². The van der Waals surface area contributed by atoms with Gasteiger partial charge in [-0.3, -0.25) is 0 Å². The van der Waals surface area contributed by atoms with Gasteiger partial charge in [-0.15, -0.1) is 0 Å². The Morgan fingerprint density at radius 1 is 1.36 bits per heavy atom. The summed E-state index contributed by atoms with van der Waals surface area (Å²) in [5.41, 5.74) is 0.690. The average molecular weight is 261 g/mol. The van der Waals surface area contributed by atoms with E-state index in [0.29, 0.717) is 12.1 Å². The highest BCUT2D eigenvalue weighted by Gasteiger charge is 2.01. The molecule has 0 unspecified atom stereocenters. The van der Waals surface area contributed by atoms with Crippen molar-refractivity contribution in [1.29, 1.82) is 0 Å². The Morgan fingerprint density at radius 3 is 2.86 bits per heavy atom. The number of hydrogen-bond acceptors (Lipinski definition) is 2. The summed E-state index contributed by atoms with van der Waals surface area (Å²) in [5, 5.41) is 6.16.